The summed E-state index contributed by atoms with van der Waals surface area (Å²) in [7, 11) is 2.14. The first-order valence-electron chi connectivity index (χ1n) is 12.6. The summed E-state index contributed by atoms with van der Waals surface area (Å²) in [5.41, 5.74) is 2.26. The van der Waals surface area contributed by atoms with Gasteiger partial charge in [-0.25, -0.2) is 28.7 Å². The van der Waals surface area contributed by atoms with E-state index < -0.39 is 11.6 Å². The van der Waals surface area contributed by atoms with E-state index in [0.29, 0.717) is 22.4 Å². The van der Waals surface area contributed by atoms with Crippen molar-refractivity contribution in [3.8, 4) is 11.3 Å². The molecule has 0 aliphatic carbocycles. The Balaban J connectivity index is 1.25. The number of aryl methyl sites for hydroxylation is 1. The van der Waals surface area contributed by atoms with Crippen molar-refractivity contribution in [3.63, 3.8) is 0 Å². The number of pyridine rings is 1. The zero-order valence-electron chi connectivity index (χ0n) is 21.3. The minimum atomic E-state index is -0.625. The molecule has 0 amide bonds. The Labute approximate surface area is 214 Å². The molecule has 10 heteroatoms. The fourth-order valence-electron chi connectivity index (χ4n) is 5.29. The van der Waals surface area contributed by atoms with E-state index in [1.807, 2.05) is 18.3 Å². The van der Waals surface area contributed by atoms with Crippen LogP contribution in [0.3, 0.4) is 0 Å². The van der Waals surface area contributed by atoms with Gasteiger partial charge in [0.15, 0.2) is 11.6 Å². The average molecular weight is 505 g/mol. The number of likely N-dealkylation sites (N-methyl/N-ethyl adjacent to an activating group) is 1. The van der Waals surface area contributed by atoms with Crippen molar-refractivity contribution in [1.29, 1.82) is 0 Å². The highest BCUT2D eigenvalue weighted by atomic mass is 19.1. The number of benzene rings is 1. The number of halogens is 2. The van der Waals surface area contributed by atoms with Crippen LogP contribution in [-0.2, 0) is 18.5 Å². The second-order valence-electron chi connectivity index (χ2n) is 10.6. The van der Waals surface area contributed by atoms with Gasteiger partial charge in [-0.15, -0.1) is 0 Å². The minimum Gasteiger partial charge on any atom is -0.322 e. The van der Waals surface area contributed by atoms with Crippen LogP contribution in [0.1, 0.15) is 31.7 Å². The number of hydrogen-bond donors (Lipinski definition) is 1. The molecule has 5 heterocycles. The maximum atomic E-state index is 15.1. The normalized spacial score (nSPS) is 17.9. The van der Waals surface area contributed by atoms with Crippen LogP contribution < -0.4 is 5.32 Å². The maximum Gasteiger partial charge on any atom is 0.229 e. The molecule has 0 unspecified atom stereocenters. The maximum absolute atomic E-state index is 15.1. The lowest BCUT2D eigenvalue weighted by atomic mass is 10.0. The van der Waals surface area contributed by atoms with Crippen LogP contribution in [0.15, 0.2) is 36.7 Å². The molecule has 0 saturated carbocycles. The number of nitrogens with one attached hydrogen (secondary N) is 1. The molecule has 1 N–H and O–H groups in total. The molecule has 1 fully saturated rings. The standard InChI is InChI=1S/C27H30F2N8/c1-27(2)7-6-23-33-25-19(28)12-18(13-21(25)37(23)27)24-20(29)15-31-26(34-24)32-22-5-4-17(14-30-22)16-36-10-8-35(3)9-11-36/h4-5,12-15H,6-11,16H2,1-3H3,(H,30,31,32,34). The molecule has 0 atom stereocenters. The van der Waals surface area contributed by atoms with Crippen molar-refractivity contribution in [3.05, 3.63) is 59.7 Å². The quantitative estimate of drug-likeness (QED) is 0.433. The Morgan fingerprint density at radius 2 is 1.78 bits per heavy atom. The van der Waals surface area contributed by atoms with E-state index in [9.17, 15) is 4.39 Å². The van der Waals surface area contributed by atoms with Gasteiger partial charge in [-0.2, -0.15) is 0 Å². The van der Waals surface area contributed by atoms with Gasteiger partial charge in [0.1, 0.15) is 22.9 Å². The van der Waals surface area contributed by atoms with E-state index in [1.54, 1.807) is 6.07 Å². The molecule has 0 radical (unpaired) electrons. The molecule has 3 aromatic heterocycles. The molecule has 2 aliphatic rings. The molecule has 1 aromatic carbocycles. The topological polar surface area (TPSA) is 75.0 Å². The summed E-state index contributed by atoms with van der Waals surface area (Å²) in [6, 6.07) is 6.94. The zero-order chi connectivity index (χ0) is 25.7. The van der Waals surface area contributed by atoms with Gasteiger partial charge in [-0.05, 0) is 51.1 Å². The molecule has 8 nitrogen and oxygen atoms in total. The van der Waals surface area contributed by atoms with E-state index in [0.717, 1.165) is 63.2 Å². The third-order valence-electron chi connectivity index (χ3n) is 7.43. The summed E-state index contributed by atoms with van der Waals surface area (Å²) < 4.78 is 32.0. The molecule has 192 valence electrons. The number of rotatable bonds is 5. The Hall–Kier alpha value is -3.50. The number of imidazole rings is 1. The van der Waals surface area contributed by atoms with Crippen molar-refractivity contribution in [2.45, 2.75) is 38.8 Å². The van der Waals surface area contributed by atoms with Crippen LogP contribution in [-0.4, -0.2) is 67.5 Å². The molecule has 1 saturated heterocycles. The van der Waals surface area contributed by atoms with Crippen LogP contribution >= 0.6 is 0 Å². The molecule has 2 aliphatic heterocycles. The summed E-state index contributed by atoms with van der Waals surface area (Å²) in [5, 5.41) is 3.05. The SMILES string of the molecule is CN1CCN(Cc2ccc(Nc3ncc(F)c(-c4cc(F)c5nc6n(c5c4)C(C)(C)CC6)n3)nc2)CC1. The lowest BCUT2D eigenvalue weighted by molar-refractivity contribution is 0.148. The van der Waals surface area contributed by atoms with Gasteiger partial charge in [0.25, 0.3) is 0 Å². The van der Waals surface area contributed by atoms with Gasteiger partial charge in [0.05, 0.1) is 11.7 Å². The lowest BCUT2D eigenvalue weighted by Crippen LogP contribution is -2.43. The molecule has 0 bridgehead atoms. The summed E-state index contributed by atoms with van der Waals surface area (Å²) in [5.74, 6) is 0.478. The number of nitrogens with zero attached hydrogens (tertiary/aromatic N) is 7. The average Bonchev–Trinajstić information content (AvgIpc) is 3.40. The van der Waals surface area contributed by atoms with Crippen LogP contribution in [0.4, 0.5) is 20.5 Å². The Bertz CT molecular complexity index is 1460. The second-order valence-corrected chi connectivity index (χ2v) is 10.6. The van der Waals surface area contributed by atoms with Gasteiger partial charge >= 0.3 is 0 Å². The third-order valence-corrected chi connectivity index (χ3v) is 7.43. The fraction of sp³-hybridized carbons (Fsp3) is 0.407. The van der Waals surface area contributed by atoms with Crippen LogP contribution in [0, 0.1) is 11.6 Å². The van der Waals surface area contributed by atoms with Crippen LogP contribution in [0.5, 0.6) is 0 Å². The number of anilines is 2. The first-order chi connectivity index (χ1) is 17.8. The first-order valence-corrected chi connectivity index (χ1v) is 12.6. The van der Waals surface area contributed by atoms with E-state index in [-0.39, 0.29) is 17.2 Å². The lowest BCUT2D eigenvalue weighted by Gasteiger charge is -2.32. The van der Waals surface area contributed by atoms with Crippen molar-refractivity contribution in [1.82, 2.24) is 34.3 Å². The van der Waals surface area contributed by atoms with E-state index in [2.05, 4.69) is 60.5 Å². The fourth-order valence-corrected chi connectivity index (χ4v) is 5.29. The van der Waals surface area contributed by atoms with E-state index in [4.69, 9.17) is 0 Å². The molecular formula is C27H30F2N8. The van der Waals surface area contributed by atoms with Crippen LogP contribution in [0.25, 0.3) is 22.3 Å². The Morgan fingerprint density at radius 3 is 2.54 bits per heavy atom. The zero-order valence-corrected chi connectivity index (χ0v) is 21.3. The molecule has 6 rings (SSSR count). The summed E-state index contributed by atoms with van der Waals surface area (Å²) in [6.45, 7) is 9.26. The van der Waals surface area contributed by atoms with Crippen LogP contribution in [0.2, 0.25) is 0 Å². The van der Waals surface area contributed by atoms with Gasteiger partial charge < -0.3 is 14.8 Å². The molecule has 0 spiro atoms. The molecule has 37 heavy (non-hydrogen) atoms. The predicted octanol–water partition coefficient (Wildman–Crippen LogP) is 4.34. The highest BCUT2D eigenvalue weighted by Crippen LogP contribution is 2.38. The second kappa shape index (κ2) is 9.11. The monoisotopic (exact) mass is 504 g/mol. The highest BCUT2D eigenvalue weighted by Gasteiger charge is 2.33. The summed E-state index contributed by atoms with van der Waals surface area (Å²) in [4.78, 5) is 22.2. The summed E-state index contributed by atoms with van der Waals surface area (Å²) >= 11 is 0. The van der Waals surface area contributed by atoms with Gasteiger partial charge in [-0.3, -0.25) is 4.90 Å². The Kier molecular flexibility index (Phi) is 5.88. The van der Waals surface area contributed by atoms with Crippen molar-refractivity contribution < 1.29 is 8.78 Å². The van der Waals surface area contributed by atoms with Gasteiger partial charge in [0.2, 0.25) is 5.95 Å². The largest absolute Gasteiger partial charge is 0.322 e. The van der Waals surface area contributed by atoms with E-state index >= 15 is 4.39 Å². The minimum absolute atomic E-state index is 0.0244. The first kappa shape index (κ1) is 23.9. The predicted molar refractivity (Wildman–Crippen MR) is 139 cm³/mol. The van der Waals surface area contributed by atoms with Crippen molar-refractivity contribution in [2.75, 3.05) is 38.5 Å². The van der Waals surface area contributed by atoms with Crippen molar-refractivity contribution in [2.24, 2.45) is 0 Å². The van der Waals surface area contributed by atoms with Crippen molar-refractivity contribution >= 4 is 22.8 Å². The summed E-state index contributed by atoms with van der Waals surface area (Å²) in [6.07, 6.45) is 4.64. The smallest absolute Gasteiger partial charge is 0.229 e. The molecule has 4 aromatic rings. The van der Waals surface area contributed by atoms with Gasteiger partial charge in [-0.1, -0.05) is 6.07 Å². The number of fused-ring (bicyclic) bond motifs is 3. The van der Waals surface area contributed by atoms with Gasteiger partial charge in [0, 0.05) is 56.4 Å². The van der Waals surface area contributed by atoms with E-state index in [1.165, 1.54) is 6.07 Å². The number of piperazine rings is 1. The highest BCUT2D eigenvalue weighted by molar-refractivity contribution is 5.83. The Morgan fingerprint density at radius 1 is 0.973 bits per heavy atom. The number of hydrogen-bond acceptors (Lipinski definition) is 7. The molecular weight excluding hydrogens is 474 g/mol. The number of aromatic nitrogens is 5. The third kappa shape index (κ3) is 4.55.